The van der Waals surface area contributed by atoms with E-state index in [1.165, 1.54) is 12.1 Å². The molecule has 0 aromatic heterocycles. The fourth-order valence-corrected chi connectivity index (χ4v) is 5.60. The number of anilines is 2. The summed E-state index contributed by atoms with van der Waals surface area (Å²) in [6, 6.07) is 22.6. The van der Waals surface area contributed by atoms with E-state index in [-0.39, 0.29) is 30.7 Å². The third kappa shape index (κ3) is 6.06. The number of hydrogen-bond donors (Lipinski definition) is 2. The minimum atomic E-state index is -0.852. The monoisotopic (exact) mass is 618 g/mol. The molecule has 1 heterocycles. The maximum absolute atomic E-state index is 14.4. The van der Waals surface area contributed by atoms with Crippen molar-refractivity contribution >= 4 is 49.9 Å². The number of fused-ring (bicyclic) bond motifs is 2. The third-order valence-electron chi connectivity index (χ3n) is 7.47. The van der Waals surface area contributed by atoms with Gasteiger partial charge >= 0.3 is 0 Å². The van der Waals surface area contributed by atoms with Crippen molar-refractivity contribution in [3.05, 3.63) is 100 Å². The summed E-state index contributed by atoms with van der Waals surface area (Å²) in [5.41, 5.74) is 3.12. The van der Waals surface area contributed by atoms with Gasteiger partial charge in [-0.2, -0.15) is 0 Å². The highest BCUT2D eigenvalue weighted by atomic mass is 79.9. The van der Waals surface area contributed by atoms with Crippen LogP contribution < -0.4 is 25.2 Å². The van der Waals surface area contributed by atoms with Gasteiger partial charge in [0.2, 0.25) is 5.91 Å². The highest BCUT2D eigenvalue weighted by Gasteiger charge is 2.36. The van der Waals surface area contributed by atoms with Crippen molar-refractivity contribution in [1.82, 2.24) is 10.6 Å². The van der Waals surface area contributed by atoms with E-state index in [1.54, 1.807) is 32.0 Å². The van der Waals surface area contributed by atoms with E-state index in [2.05, 4.69) is 26.6 Å². The molecule has 0 spiro atoms. The van der Waals surface area contributed by atoms with Crippen LogP contribution in [0.3, 0.4) is 0 Å². The summed E-state index contributed by atoms with van der Waals surface area (Å²) in [4.78, 5) is 31.1. The van der Waals surface area contributed by atoms with Gasteiger partial charge in [0.15, 0.2) is 0 Å². The summed E-state index contributed by atoms with van der Waals surface area (Å²) >= 11 is 3.55. The Hall–Kier alpha value is -3.95. The summed E-state index contributed by atoms with van der Waals surface area (Å²) in [5.74, 6) is -0.192. The van der Waals surface area contributed by atoms with Gasteiger partial charge in [-0.1, -0.05) is 52.3 Å². The van der Waals surface area contributed by atoms with E-state index in [0.717, 1.165) is 32.1 Å². The summed E-state index contributed by atoms with van der Waals surface area (Å²) in [6.07, 6.45) is 0. The smallest absolute Gasteiger partial charge is 0.251 e. The first-order valence-electron chi connectivity index (χ1n) is 13.4. The van der Waals surface area contributed by atoms with Crippen LogP contribution in [0.25, 0.3) is 10.8 Å². The summed E-state index contributed by atoms with van der Waals surface area (Å²) in [6.45, 7) is 2.53. The van der Waals surface area contributed by atoms with Crippen LogP contribution in [0, 0.1) is 5.82 Å². The number of ether oxygens (including phenoxy) is 1. The zero-order valence-corrected chi connectivity index (χ0v) is 24.7. The van der Waals surface area contributed by atoms with Crippen LogP contribution in [0.4, 0.5) is 15.8 Å². The zero-order valence-electron chi connectivity index (χ0n) is 23.2. The van der Waals surface area contributed by atoms with Gasteiger partial charge in [0.1, 0.15) is 17.6 Å². The first-order chi connectivity index (χ1) is 19.8. The first kappa shape index (κ1) is 28.6. The van der Waals surface area contributed by atoms with Crippen molar-refractivity contribution in [3.63, 3.8) is 0 Å². The second-order valence-electron chi connectivity index (χ2n) is 10.1. The SMILES string of the molecule is CNC(C)C(=O)NC1CN(Cc2cccc(F)c2)c2ccccc2N(Cc2c(OC)ccc3cc(Br)ccc23)C1=O. The maximum Gasteiger partial charge on any atom is 0.251 e. The van der Waals surface area contributed by atoms with Gasteiger partial charge in [0, 0.05) is 23.1 Å². The Morgan fingerprint density at radius 1 is 1.05 bits per heavy atom. The van der Waals surface area contributed by atoms with Crippen LogP contribution in [0.5, 0.6) is 5.75 Å². The molecule has 7 nitrogen and oxygen atoms in total. The molecule has 2 unspecified atom stereocenters. The van der Waals surface area contributed by atoms with Crippen LogP contribution in [0.2, 0.25) is 0 Å². The molecule has 41 heavy (non-hydrogen) atoms. The average Bonchev–Trinajstić information content (AvgIpc) is 3.07. The van der Waals surface area contributed by atoms with Gasteiger partial charge in [0.25, 0.3) is 5.91 Å². The summed E-state index contributed by atoms with van der Waals surface area (Å²) < 4.78 is 20.8. The molecular formula is C32H32BrFN4O3. The molecule has 2 amide bonds. The first-order valence-corrected chi connectivity index (χ1v) is 14.2. The molecule has 4 aromatic carbocycles. The van der Waals surface area contributed by atoms with Gasteiger partial charge < -0.3 is 25.2 Å². The average molecular weight is 620 g/mol. The molecule has 2 atom stereocenters. The number of nitrogens with one attached hydrogen (secondary N) is 2. The normalized spacial score (nSPS) is 15.8. The largest absolute Gasteiger partial charge is 0.496 e. The van der Waals surface area contributed by atoms with Gasteiger partial charge in [-0.05, 0) is 72.8 Å². The fraction of sp³-hybridized carbons (Fsp3) is 0.250. The second kappa shape index (κ2) is 12.3. The number of para-hydroxylation sites is 2. The number of carbonyl (C=O) groups excluding carboxylic acids is 2. The Morgan fingerprint density at radius 2 is 1.83 bits per heavy atom. The van der Waals surface area contributed by atoms with E-state index < -0.39 is 12.1 Å². The van der Waals surface area contributed by atoms with Crippen molar-refractivity contribution in [3.8, 4) is 5.75 Å². The molecule has 0 saturated heterocycles. The van der Waals surface area contributed by atoms with Crippen LogP contribution in [-0.4, -0.2) is 44.6 Å². The molecular weight excluding hydrogens is 587 g/mol. The number of likely N-dealkylation sites (N-methyl/N-ethyl adjacent to an activating group) is 1. The molecule has 2 N–H and O–H groups in total. The second-order valence-corrected chi connectivity index (χ2v) is 11.0. The van der Waals surface area contributed by atoms with E-state index in [9.17, 15) is 14.0 Å². The predicted octanol–water partition coefficient (Wildman–Crippen LogP) is 5.40. The molecule has 9 heteroatoms. The lowest BCUT2D eigenvalue weighted by Gasteiger charge is -2.27. The van der Waals surface area contributed by atoms with Crippen molar-refractivity contribution in [2.24, 2.45) is 0 Å². The Balaban J connectivity index is 1.62. The Labute approximate surface area is 247 Å². The topological polar surface area (TPSA) is 73.9 Å². The fourth-order valence-electron chi connectivity index (χ4n) is 5.22. The van der Waals surface area contributed by atoms with Gasteiger partial charge in [-0.3, -0.25) is 9.59 Å². The zero-order chi connectivity index (χ0) is 29.1. The number of halogens is 2. The lowest BCUT2D eigenvalue weighted by atomic mass is 10.0. The molecule has 212 valence electrons. The number of hydrogen-bond acceptors (Lipinski definition) is 5. The van der Waals surface area contributed by atoms with Crippen molar-refractivity contribution in [1.29, 1.82) is 0 Å². The number of methoxy groups -OCH3 is 1. The molecule has 0 fully saturated rings. The minimum absolute atomic E-state index is 0.213. The van der Waals surface area contributed by atoms with Crippen LogP contribution >= 0.6 is 15.9 Å². The van der Waals surface area contributed by atoms with Crippen molar-refractivity contribution in [2.75, 3.05) is 30.5 Å². The van der Waals surface area contributed by atoms with Crippen LogP contribution in [0.15, 0.2) is 83.3 Å². The summed E-state index contributed by atoms with van der Waals surface area (Å²) in [7, 11) is 3.31. The van der Waals surface area contributed by atoms with E-state index >= 15 is 0 Å². The number of nitrogens with zero attached hydrogens (tertiary/aromatic N) is 2. The van der Waals surface area contributed by atoms with Crippen molar-refractivity contribution in [2.45, 2.75) is 32.1 Å². The lowest BCUT2D eigenvalue weighted by Crippen LogP contribution is -2.55. The quantitative estimate of drug-likeness (QED) is 0.277. The van der Waals surface area contributed by atoms with Gasteiger partial charge in [-0.15, -0.1) is 0 Å². The molecule has 0 aliphatic carbocycles. The molecule has 4 aromatic rings. The van der Waals surface area contributed by atoms with Crippen LogP contribution in [0.1, 0.15) is 18.1 Å². The summed E-state index contributed by atoms with van der Waals surface area (Å²) in [5, 5.41) is 7.87. The Kier molecular flexibility index (Phi) is 8.56. The molecule has 0 radical (unpaired) electrons. The van der Waals surface area contributed by atoms with E-state index in [0.29, 0.717) is 18.0 Å². The standard InChI is InChI=1S/C32H32BrFN4O3/c1-20(35-2)31(39)36-27-19-37(17-21-7-6-8-24(34)15-21)28-9-4-5-10-29(28)38(32(27)40)18-26-25-13-12-23(33)16-22(25)11-14-30(26)41-3/h4-16,20,27,35H,17-19H2,1-3H3,(H,36,39). The van der Waals surface area contributed by atoms with E-state index in [1.807, 2.05) is 65.6 Å². The Bertz CT molecular complexity index is 1600. The maximum atomic E-state index is 14.4. The highest BCUT2D eigenvalue weighted by Crippen LogP contribution is 2.38. The molecule has 1 aliphatic rings. The minimum Gasteiger partial charge on any atom is -0.496 e. The number of benzene rings is 4. The van der Waals surface area contributed by atoms with E-state index in [4.69, 9.17) is 4.74 Å². The van der Waals surface area contributed by atoms with Crippen LogP contribution in [-0.2, 0) is 22.7 Å². The number of amides is 2. The molecule has 0 bridgehead atoms. The Morgan fingerprint density at radius 3 is 2.56 bits per heavy atom. The lowest BCUT2D eigenvalue weighted by molar-refractivity contribution is -0.128. The van der Waals surface area contributed by atoms with Gasteiger partial charge in [0.05, 0.1) is 31.1 Å². The molecule has 0 saturated carbocycles. The third-order valence-corrected chi connectivity index (χ3v) is 7.97. The number of rotatable bonds is 8. The molecule has 5 rings (SSSR count). The number of carbonyl (C=O) groups is 2. The highest BCUT2D eigenvalue weighted by molar-refractivity contribution is 9.10. The van der Waals surface area contributed by atoms with Gasteiger partial charge in [-0.25, -0.2) is 4.39 Å². The van der Waals surface area contributed by atoms with Crippen molar-refractivity contribution < 1.29 is 18.7 Å². The predicted molar refractivity (Wildman–Crippen MR) is 164 cm³/mol. The molecule has 1 aliphatic heterocycles.